The molecule has 0 unspecified atom stereocenters. The molecule has 0 aromatic carbocycles. The average Bonchev–Trinajstić information content (AvgIpc) is 2.82. The van der Waals surface area contributed by atoms with Crippen LogP contribution in [0.4, 0.5) is 0 Å². The lowest BCUT2D eigenvalue weighted by Crippen LogP contribution is -1.71. The molecule has 2 aromatic rings. The van der Waals surface area contributed by atoms with Crippen molar-refractivity contribution in [2.75, 3.05) is 6.26 Å². The maximum absolute atomic E-state index is 8.91. The maximum atomic E-state index is 8.91. The number of hydrogen-bond acceptors (Lipinski definition) is 5. The van der Waals surface area contributed by atoms with Gasteiger partial charge in [0.15, 0.2) is 0 Å². The Balaban J connectivity index is 2.49. The third kappa shape index (κ3) is 1.98. The Morgan fingerprint density at radius 1 is 1.31 bits per heavy atom. The summed E-state index contributed by atoms with van der Waals surface area (Å²) >= 11 is 5.00. The topological polar surface area (TPSA) is 47.6 Å². The molecule has 0 radical (unpaired) electrons. The molecule has 2 heterocycles. The van der Waals surface area contributed by atoms with E-state index in [9.17, 15) is 0 Å². The highest BCUT2D eigenvalue weighted by Gasteiger charge is 2.09. The molecule has 5 heteroatoms. The fraction of sp³-hybridized carbons (Fsp3) is 0.0909. The summed E-state index contributed by atoms with van der Waals surface area (Å²) in [6.45, 7) is 0. The average molecular weight is 262 g/mol. The summed E-state index contributed by atoms with van der Waals surface area (Å²) in [7, 11) is 0. The van der Waals surface area contributed by atoms with Crippen LogP contribution in [0.2, 0.25) is 0 Å². The van der Waals surface area contributed by atoms with E-state index in [1.165, 1.54) is 19.7 Å². The number of hydrogen-bond donors (Lipinski definition) is 0. The molecule has 0 bridgehead atoms. The lowest BCUT2D eigenvalue weighted by molar-refractivity contribution is 1.52. The molecule has 0 amide bonds. The van der Waals surface area contributed by atoms with Crippen molar-refractivity contribution in [1.29, 1.82) is 10.5 Å². The van der Waals surface area contributed by atoms with E-state index in [0.29, 0.717) is 5.57 Å². The predicted molar refractivity (Wildman–Crippen MR) is 70.7 cm³/mol. The minimum Gasteiger partial charge on any atom is -0.193 e. The van der Waals surface area contributed by atoms with Crippen LogP contribution in [-0.4, -0.2) is 6.26 Å². The van der Waals surface area contributed by atoms with E-state index in [1.807, 2.05) is 24.5 Å². The van der Waals surface area contributed by atoms with Gasteiger partial charge in [0.05, 0.1) is 15.9 Å². The van der Waals surface area contributed by atoms with Crippen molar-refractivity contribution < 1.29 is 0 Å². The van der Waals surface area contributed by atoms with Crippen LogP contribution >= 0.6 is 34.4 Å². The zero-order valence-corrected chi connectivity index (χ0v) is 10.8. The first-order chi connectivity index (χ1) is 7.78. The first kappa shape index (κ1) is 11.2. The van der Waals surface area contributed by atoms with Gasteiger partial charge in [-0.05, 0) is 18.4 Å². The van der Waals surface area contributed by atoms with Gasteiger partial charge in [-0.2, -0.15) is 10.5 Å². The third-order valence-corrected chi connectivity index (χ3v) is 5.37. The summed E-state index contributed by atoms with van der Waals surface area (Å²) < 4.78 is 3.64. The molecule has 0 atom stereocenters. The second-order valence-electron chi connectivity index (χ2n) is 2.91. The number of rotatable bonds is 2. The van der Waals surface area contributed by atoms with Gasteiger partial charge in [-0.15, -0.1) is 34.4 Å². The van der Waals surface area contributed by atoms with Crippen molar-refractivity contribution in [3.8, 4) is 12.1 Å². The first-order valence-corrected chi connectivity index (χ1v) is 7.22. The molecule has 0 aliphatic heterocycles. The van der Waals surface area contributed by atoms with E-state index in [-0.39, 0.29) is 0 Å². The zero-order valence-electron chi connectivity index (χ0n) is 8.35. The number of fused-ring (bicyclic) bond motifs is 1. The fourth-order valence-corrected chi connectivity index (χ4v) is 4.28. The van der Waals surface area contributed by atoms with Crippen LogP contribution in [0.15, 0.2) is 22.4 Å². The number of nitriles is 2. The largest absolute Gasteiger partial charge is 0.193 e. The zero-order chi connectivity index (χ0) is 11.5. The Labute approximate surface area is 105 Å². The van der Waals surface area contributed by atoms with Crippen LogP contribution in [0.25, 0.3) is 15.0 Å². The molecule has 0 saturated heterocycles. The molecule has 0 saturated carbocycles. The van der Waals surface area contributed by atoms with Crippen molar-refractivity contribution in [2.45, 2.75) is 4.21 Å². The molecular weight excluding hydrogens is 256 g/mol. The molecule has 16 heavy (non-hydrogen) atoms. The quantitative estimate of drug-likeness (QED) is 0.604. The summed E-state index contributed by atoms with van der Waals surface area (Å²) in [5.74, 6) is 0. The van der Waals surface area contributed by atoms with Crippen LogP contribution < -0.4 is 0 Å². The van der Waals surface area contributed by atoms with Crippen LogP contribution in [-0.2, 0) is 0 Å². The predicted octanol–water partition coefficient (Wildman–Crippen LogP) is 4.12. The molecule has 78 valence electrons. The molecule has 2 aromatic heterocycles. The summed E-state index contributed by atoms with van der Waals surface area (Å²) in [5.41, 5.74) is 0.446. The number of nitrogens with zero attached hydrogens (tertiary/aromatic N) is 2. The summed E-state index contributed by atoms with van der Waals surface area (Å²) in [6.07, 6.45) is 3.34. The second kappa shape index (κ2) is 4.71. The van der Waals surface area contributed by atoms with Crippen molar-refractivity contribution in [2.24, 2.45) is 0 Å². The first-order valence-electron chi connectivity index (χ1n) is 4.36. The van der Waals surface area contributed by atoms with E-state index < -0.39 is 0 Å². The molecule has 2 nitrogen and oxygen atoms in total. The van der Waals surface area contributed by atoms with Gasteiger partial charge in [-0.25, -0.2) is 0 Å². The lowest BCUT2D eigenvalue weighted by Gasteiger charge is -1.88. The third-order valence-electron chi connectivity index (χ3n) is 1.98. The van der Waals surface area contributed by atoms with E-state index in [1.54, 1.807) is 34.4 Å². The van der Waals surface area contributed by atoms with Crippen LogP contribution in [0, 0.1) is 22.7 Å². The summed E-state index contributed by atoms with van der Waals surface area (Å²) in [4.78, 5) is 0.873. The monoisotopic (exact) mass is 262 g/mol. The Hall–Kier alpha value is -1.27. The highest BCUT2D eigenvalue weighted by molar-refractivity contribution is 8.00. The number of thioether (sulfide) groups is 1. The molecular formula is C11H6N2S3. The van der Waals surface area contributed by atoms with Crippen LogP contribution in [0.5, 0.6) is 0 Å². The van der Waals surface area contributed by atoms with Gasteiger partial charge in [-0.3, -0.25) is 0 Å². The van der Waals surface area contributed by atoms with Gasteiger partial charge in [0.2, 0.25) is 0 Å². The fourth-order valence-electron chi connectivity index (χ4n) is 1.27. The molecule has 0 aliphatic rings. The van der Waals surface area contributed by atoms with Gasteiger partial charge in [0, 0.05) is 20.4 Å². The van der Waals surface area contributed by atoms with Crippen molar-refractivity contribution in [1.82, 2.24) is 0 Å². The summed E-state index contributed by atoms with van der Waals surface area (Å²) in [5, 5.41) is 17.5. The maximum Gasteiger partial charge on any atom is 0.101 e. The highest BCUT2D eigenvalue weighted by atomic mass is 32.2. The van der Waals surface area contributed by atoms with Crippen LogP contribution in [0.1, 0.15) is 4.88 Å². The van der Waals surface area contributed by atoms with Gasteiger partial charge in [0.1, 0.15) is 6.07 Å². The molecule has 2 rings (SSSR count). The summed E-state index contributed by atoms with van der Waals surface area (Å²) in [6, 6.07) is 8.05. The Kier molecular flexibility index (Phi) is 3.31. The minimum atomic E-state index is 0.446. The smallest absolute Gasteiger partial charge is 0.101 e. The lowest BCUT2D eigenvalue weighted by atomic mass is 10.2. The highest BCUT2D eigenvalue weighted by Crippen LogP contribution is 2.38. The Morgan fingerprint density at radius 3 is 2.62 bits per heavy atom. The number of thiophene rings is 2. The minimum absolute atomic E-state index is 0.446. The molecule has 0 N–H and O–H groups in total. The van der Waals surface area contributed by atoms with Crippen molar-refractivity contribution >= 4 is 49.4 Å². The SMILES string of the molecule is CSc1cc2sc(C(C#N)=CC#N)cc2s1. The van der Waals surface area contributed by atoms with Crippen molar-refractivity contribution in [3.63, 3.8) is 0 Å². The Bertz CT molecular complexity index is 603. The van der Waals surface area contributed by atoms with E-state index in [0.717, 1.165) is 4.88 Å². The van der Waals surface area contributed by atoms with Gasteiger partial charge >= 0.3 is 0 Å². The van der Waals surface area contributed by atoms with Gasteiger partial charge in [-0.1, -0.05) is 0 Å². The molecule has 0 aliphatic carbocycles. The van der Waals surface area contributed by atoms with E-state index >= 15 is 0 Å². The number of allylic oxidation sites excluding steroid dienone is 2. The standard InChI is InChI=1S/C11H6N2S3/c1-14-11-5-10-9(16-11)4-8(15-10)7(6-13)2-3-12/h2,4-5H,1H3. The van der Waals surface area contributed by atoms with Gasteiger partial charge < -0.3 is 0 Å². The van der Waals surface area contributed by atoms with Crippen molar-refractivity contribution in [3.05, 3.63) is 23.1 Å². The molecule has 0 spiro atoms. The molecule has 0 fully saturated rings. The second-order valence-corrected chi connectivity index (χ2v) is 6.18. The van der Waals surface area contributed by atoms with E-state index in [2.05, 4.69) is 6.07 Å². The van der Waals surface area contributed by atoms with Crippen LogP contribution in [0.3, 0.4) is 0 Å². The van der Waals surface area contributed by atoms with E-state index in [4.69, 9.17) is 10.5 Å². The Morgan fingerprint density at radius 2 is 2.06 bits per heavy atom. The van der Waals surface area contributed by atoms with Gasteiger partial charge in [0.25, 0.3) is 0 Å². The normalized spacial score (nSPS) is 11.3.